The average molecular weight is 328 g/mol. The molecule has 9 heteroatoms. The van der Waals surface area contributed by atoms with E-state index in [1.54, 1.807) is 18.2 Å². The maximum Gasteiger partial charge on any atom is 0.319 e. The number of carbonyl (C=O) groups excluding carboxylic acids is 1. The molecule has 2 heterocycles. The molecule has 0 radical (unpaired) electrons. The number of benzene rings is 1. The molecule has 0 unspecified atom stereocenters. The summed E-state index contributed by atoms with van der Waals surface area (Å²) >= 11 is 0. The molecular weight excluding hydrogens is 312 g/mol. The number of fused-ring (bicyclic) bond motifs is 1. The van der Waals surface area contributed by atoms with Crippen LogP contribution in [0.2, 0.25) is 0 Å². The molecule has 3 aromatic rings. The molecule has 1 amide bonds. The molecule has 0 saturated carbocycles. The van der Waals surface area contributed by atoms with Gasteiger partial charge in [-0.15, -0.1) is 0 Å². The van der Waals surface area contributed by atoms with Gasteiger partial charge in [0.1, 0.15) is 12.0 Å². The number of carbonyl (C=O) groups is 1. The summed E-state index contributed by atoms with van der Waals surface area (Å²) < 4.78 is 0. The smallest absolute Gasteiger partial charge is 0.319 e. The van der Waals surface area contributed by atoms with Crippen molar-refractivity contribution in [3.63, 3.8) is 0 Å². The number of amides is 1. The van der Waals surface area contributed by atoms with Crippen LogP contribution in [0.25, 0.3) is 11.0 Å². The molecule has 3 rings (SSSR count). The number of aromatic nitrogens is 4. The van der Waals surface area contributed by atoms with E-state index in [4.69, 9.17) is 0 Å². The Balaban J connectivity index is 1.88. The number of nitrogens with one attached hydrogen (secondary N) is 3. The summed E-state index contributed by atoms with van der Waals surface area (Å²) in [6.07, 6.45) is 1.00. The lowest BCUT2D eigenvalue weighted by Crippen LogP contribution is -2.14. The zero-order chi connectivity index (χ0) is 17.5. The largest absolute Gasteiger partial charge is 0.341 e. The summed E-state index contributed by atoms with van der Waals surface area (Å²) in [5.74, 6) is 0.208. The molecule has 2 aromatic heterocycles. The number of rotatable bonds is 3. The van der Waals surface area contributed by atoms with Crippen LogP contribution in [0.4, 0.5) is 11.4 Å². The van der Waals surface area contributed by atoms with Crippen LogP contribution in [0.3, 0.4) is 0 Å². The van der Waals surface area contributed by atoms with Crippen molar-refractivity contribution in [1.82, 2.24) is 20.2 Å². The Bertz CT molecular complexity index is 934. The van der Waals surface area contributed by atoms with Gasteiger partial charge in [0, 0.05) is 11.1 Å². The minimum Gasteiger partial charge on any atom is -0.341 e. The zero-order valence-corrected chi connectivity index (χ0v) is 13.4. The Kier molecular flexibility index (Phi) is 3.55. The standard InChI is InChI=1S/C15H16N6O3/c1-15(2,3)14-18-9-5-4-8(6-10(9)19-14)17-13(22)12-11(21(23)24)7-16-20-12/h4-7H,1-3H3,(H,16,20)(H,17,22)(H,18,19). The Morgan fingerprint density at radius 1 is 1.33 bits per heavy atom. The van der Waals surface area contributed by atoms with Crippen molar-refractivity contribution < 1.29 is 9.72 Å². The quantitative estimate of drug-likeness (QED) is 0.503. The molecule has 9 nitrogen and oxygen atoms in total. The molecule has 0 bridgehead atoms. The number of H-pyrrole nitrogens is 2. The minimum absolute atomic E-state index is 0.126. The second-order valence-corrected chi connectivity index (χ2v) is 6.41. The van der Waals surface area contributed by atoms with E-state index in [1.165, 1.54) is 0 Å². The SMILES string of the molecule is CC(C)(C)c1nc2ccc(NC(=O)c3[nH]ncc3[N+](=O)[O-])cc2[nH]1. The van der Waals surface area contributed by atoms with Gasteiger partial charge in [-0.2, -0.15) is 5.10 Å². The molecule has 0 spiro atoms. The summed E-state index contributed by atoms with van der Waals surface area (Å²) in [4.78, 5) is 30.1. The second kappa shape index (κ2) is 5.44. The van der Waals surface area contributed by atoms with Crippen molar-refractivity contribution in [2.75, 3.05) is 5.32 Å². The Morgan fingerprint density at radius 2 is 2.08 bits per heavy atom. The Labute approximate surface area is 136 Å². The van der Waals surface area contributed by atoms with E-state index in [0.717, 1.165) is 23.1 Å². The summed E-state index contributed by atoms with van der Waals surface area (Å²) in [6, 6.07) is 5.20. The summed E-state index contributed by atoms with van der Waals surface area (Å²) in [5, 5.41) is 19.4. The van der Waals surface area contributed by atoms with Crippen molar-refractivity contribution in [1.29, 1.82) is 0 Å². The first kappa shape index (κ1) is 15.7. The molecule has 124 valence electrons. The van der Waals surface area contributed by atoms with Crippen LogP contribution in [-0.2, 0) is 5.41 Å². The maximum atomic E-state index is 12.2. The van der Waals surface area contributed by atoms with E-state index < -0.39 is 10.8 Å². The summed E-state index contributed by atoms with van der Waals surface area (Å²) in [5.41, 5.74) is 1.37. The molecule has 0 saturated heterocycles. The third kappa shape index (κ3) is 2.83. The van der Waals surface area contributed by atoms with Gasteiger partial charge >= 0.3 is 5.69 Å². The van der Waals surface area contributed by atoms with Gasteiger partial charge in [0.05, 0.1) is 16.0 Å². The van der Waals surface area contributed by atoms with Gasteiger partial charge in [0.25, 0.3) is 5.91 Å². The van der Waals surface area contributed by atoms with Gasteiger partial charge < -0.3 is 10.3 Å². The lowest BCUT2D eigenvalue weighted by molar-refractivity contribution is -0.385. The minimum atomic E-state index is -0.661. The third-order valence-corrected chi connectivity index (χ3v) is 3.49. The normalized spacial score (nSPS) is 11.6. The van der Waals surface area contributed by atoms with Gasteiger partial charge in [-0.25, -0.2) is 4.98 Å². The molecule has 24 heavy (non-hydrogen) atoms. The number of hydrogen-bond acceptors (Lipinski definition) is 5. The van der Waals surface area contributed by atoms with Crippen molar-refractivity contribution >= 4 is 28.3 Å². The van der Waals surface area contributed by atoms with E-state index >= 15 is 0 Å². The fourth-order valence-corrected chi connectivity index (χ4v) is 2.22. The van der Waals surface area contributed by atoms with Crippen molar-refractivity contribution in [3.8, 4) is 0 Å². The number of imidazole rings is 1. The topological polar surface area (TPSA) is 130 Å². The van der Waals surface area contributed by atoms with Gasteiger partial charge in [0.2, 0.25) is 5.69 Å². The van der Waals surface area contributed by atoms with E-state index in [9.17, 15) is 14.9 Å². The van der Waals surface area contributed by atoms with Crippen LogP contribution in [0, 0.1) is 10.1 Å². The van der Waals surface area contributed by atoms with Crippen LogP contribution < -0.4 is 5.32 Å². The Morgan fingerprint density at radius 3 is 2.75 bits per heavy atom. The first-order valence-electron chi connectivity index (χ1n) is 7.25. The summed E-state index contributed by atoms with van der Waals surface area (Å²) in [7, 11) is 0. The van der Waals surface area contributed by atoms with Crippen molar-refractivity contribution in [2.45, 2.75) is 26.2 Å². The molecule has 0 aliphatic rings. The van der Waals surface area contributed by atoms with Gasteiger partial charge in [0.15, 0.2) is 0 Å². The van der Waals surface area contributed by atoms with Crippen LogP contribution in [0.1, 0.15) is 37.1 Å². The van der Waals surface area contributed by atoms with Gasteiger partial charge in [-0.1, -0.05) is 20.8 Å². The molecule has 1 aromatic carbocycles. The molecule has 0 atom stereocenters. The van der Waals surface area contributed by atoms with Gasteiger partial charge in [-0.3, -0.25) is 20.0 Å². The van der Waals surface area contributed by atoms with Crippen molar-refractivity contribution in [3.05, 3.63) is 46.0 Å². The van der Waals surface area contributed by atoms with Crippen molar-refractivity contribution in [2.24, 2.45) is 0 Å². The monoisotopic (exact) mass is 328 g/mol. The van der Waals surface area contributed by atoms with E-state index in [0.29, 0.717) is 5.69 Å². The lowest BCUT2D eigenvalue weighted by atomic mass is 9.96. The number of nitrogens with zero attached hydrogens (tertiary/aromatic N) is 3. The average Bonchev–Trinajstić information content (AvgIpc) is 3.12. The fourth-order valence-electron chi connectivity index (χ4n) is 2.22. The first-order valence-corrected chi connectivity index (χ1v) is 7.25. The predicted octanol–water partition coefficient (Wildman–Crippen LogP) is 2.74. The molecular formula is C15H16N6O3. The highest BCUT2D eigenvalue weighted by Gasteiger charge is 2.23. The highest BCUT2D eigenvalue weighted by Crippen LogP contribution is 2.25. The Hall–Kier alpha value is -3.23. The molecule has 3 N–H and O–H groups in total. The lowest BCUT2D eigenvalue weighted by Gasteiger charge is -2.13. The van der Waals surface area contributed by atoms with E-state index in [1.807, 2.05) is 20.8 Å². The molecule has 0 aliphatic heterocycles. The number of hydrogen-bond donors (Lipinski definition) is 3. The maximum absolute atomic E-state index is 12.2. The van der Waals surface area contributed by atoms with E-state index in [2.05, 4.69) is 25.5 Å². The van der Waals surface area contributed by atoms with Crippen LogP contribution >= 0.6 is 0 Å². The third-order valence-electron chi connectivity index (χ3n) is 3.49. The zero-order valence-electron chi connectivity index (χ0n) is 13.4. The highest BCUT2D eigenvalue weighted by atomic mass is 16.6. The number of anilines is 1. The van der Waals surface area contributed by atoms with Crippen LogP contribution in [0.5, 0.6) is 0 Å². The summed E-state index contributed by atoms with van der Waals surface area (Å²) in [6.45, 7) is 6.14. The molecule has 0 fully saturated rings. The van der Waals surface area contributed by atoms with Gasteiger partial charge in [-0.05, 0) is 18.2 Å². The first-order chi connectivity index (χ1) is 11.3. The predicted molar refractivity (Wildman–Crippen MR) is 88.0 cm³/mol. The fraction of sp³-hybridized carbons (Fsp3) is 0.267. The highest BCUT2D eigenvalue weighted by molar-refractivity contribution is 6.06. The van der Waals surface area contributed by atoms with Crippen LogP contribution in [0.15, 0.2) is 24.4 Å². The molecule has 0 aliphatic carbocycles. The second-order valence-electron chi connectivity index (χ2n) is 6.41. The number of aromatic amines is 2. The van der Waals surface area contributed by atoms with E-state index in [-0.39, 0.29) is 16.8 Å². The van der Waals surface area contributed by atoms with Crippen LogP contribution in [-0.4, -0.2) is 31.0 Å². The number of nitro groups is 1.